The predicted octanol–water partition coefficient (Wildman–Crippen LogP) is 1.56. The highest BCUT2D eigenvalue weighted by Crippen LogP contribution is 2.27. The van der Waals surface area contributed by atoms with Gasteiger partial charge in [-0.2, -0.15) is 0 Å². The summed E-state index contributed by atoms with van der Waals surface area (Å²) < 4.78 is 5.28. The van der Waals surface area contributed by atoms with E-state index in [1.54, 1.807) is 18.2 Å². The van der Waals surface area contributed by atoms with Crippen LogP contribution in [0.1, 0.15) is 6.92 Å². The number of benzene rings is 1. The Balaban J connectivity index is 2.61. The first kappa shape index (κ1) is 13.6. The normalized spacial score (nSPS) is 11.9. The van der Waals surface area contributed by atoms with E-state index in [-0.39, 0.29) is 6.54 Å². The smallest absolute Gasteiger partial charge is 0.322 e. The van der Waals surface area contributed by atoms with Gasteiger partial charge >= 0.3 is 5.97 Å². The number of hydrogen-bond donors (Lipinski definition) is 3. The quantitative estimate of drug-likeness (QED) is 0.721. The monoisotopic (exact) mass is 258 g/mol. The first-order valence-corrected chi connectivity index (χ1v) is 5.57. The largest absolute Gasteiger partial charge is 0.492 e. The van der Waals surface area contributed by atoms with Gasteiger partial charge in [-0.15, -0.1) is 0 Å². The lowest BCUT2D eigenvalue weighted by molar-refractivity contribution is -0.138. The number of anilines is 1. The van der Waals surface area contributed by atoms with Crippen LogP contribution in [0.25, 0.3) is 0 Å². The van der Waals surface area contributed by atoms with Crippen molar-refractivity contribution in [3.05, 3.63) is 23.2 Å². The summed E-state index contributed by atoms with van der Waals surface area (Å²) >= 11 is 5.97. The van der Waals surface area contributed by atoms with Crippen LogP contribution >= 0.6 is 11.6 Å². The summed E-state index contributed by atoms with van der Waals surface area (Å²) in [6.45, 7) is 2.55. The van der Waals surface area contributed by atoms with Gasteiger partial charge in [-0.05, 0) is 25.1 Å². The van der Waals surface area contributed by atoms with E-state index in [0.29, 0.717) is 23.1 Å². The van der Waals surface area contributed by atoms with Gasteiger partial charge < -0.3 is 20.9 Å². The Bertz CT molecular complexity index is 398. The third kappa shape index (κ3) is 4.13. The molecule has 0 bridgehead atoms. The maximum Gasteiger partial charge on any atom is 0.322 e. The minimum absolute atomic E-state index is 0.139. The Labute approximate surface area is 105 Å². The Kier molecular flexibility index (Phi) is 5.06. The molecule has 0 aliphatic carbocycles. The van der Waals surface area contributed by atoms with Gasteiger partial charge in [0, 0.05) is 12.2 Å². The van der Waals surface area contributed by atoms with Gasteiger partial charge in [0.15, 0.2) is 0 Å². The number of carboxylic acids is 1. The van der Waals surface area contributed by atoms with Crippen molar-refractivity contribution >= 4 is 23.3 Å². The molecule has 0 spiro atoms. The van der Waals surface area contributed by atoms with Crippen LogP contribution in [0.2, 0.25) is 5.02 Å². The van der Waals surface area contributed by atoms with Crippen molar-refractivity contribution in [1.82, 2.24) is 0 Å². The Morgan fingerprint density at radius 1 is 1.65 bits per heavy atom. The molecule has 1 atom stereocenters. The highest BCUT2D eigenvalue weighted by molar-refractivity contribution is 6.32. The fourth-order valence-corrected chi connectivity index (χ4v) is 1.43. The van der Waals surface area contributed by atoms with E-state index in [9.17, 15) is 4.79 Å². The minimum atomic E-state index is -1.05. The topological polar surface area (TPSA) is 84.6 Å². The van der Waals surface area contributed by atoms with Gasteiger partial charge in [0.2, 0.25) is 0 Å². The Hall–Kier alpha value is -1.46. The standard InChI is InChI=1S/C11H15ClN2O3/c1-2-17-10-4-3-7(5-8(10)12)14-6-9(13)11(15)16/h3-5,9,14H,2,6,13H2,1H3,(H,15,16). The van der Waals surface area contributed by atoms with Gasteiger partial charge in [-0.1, -0.05) is 11.6 Å². The van der Waals surface area contributed by atoms with Crippen molar-refractivity contribution in [3.63, 3.8) is 0 Å². The third-order valence-electron chi connectivity index (χ3n) is 2.08. The van der Waals surface area contributed by atoms with Crippen molar-refractivity contribution in [2.45, 2.75) is 13.0 Å². The minimum Gasteiger partial charge on any atom is -0.492 e. The molecule has 0 saturated heterocycles. The number of carbonyl (C=O) groups is 1. The summed E-state index contributed by atoms with van der Waals surface area (Å²) in [7, 11) is 0. The van der Waals surface area contributed by atoms with Crippen LogP contribution in [0.3, 0.4) is 0 Å². The van der Waals surface area contributed by atoms with Crippen LogP contribution in [0.15, 0.2) is 18.2 Å². The lowest BCUT2D eigenvalue weighted by Gasteiger charge is -2.11. The number of carboxylic acid groups (broad SMARTS) is 1. The molecule has 0 aromatic heterocycles. The molecule has 0 amide bonds. The fourth-order valence-electron chi connectivity index (χ4n) is 1.20. The van der Waals surface area contributed by atoms with Crippen molar-refractivity contribution in [2.24, 2.45) is 5.73 Å². The van der Waals surface area contributed by atoms with Crippen molar-refractivity contribution < 1.29 is 14.6 Å². The van der Waals surface area contributed by atoms with Crippen molar-refractivity contribution in [1.29, 1.82) is 0 Å². The van der Waals surface area contributed by atoms with Gasteiger partial charge in [0.1, 0.15) is 11.8 Å². The van der Waals surface area contributed by atoms with Crippen LogP contribution in [0.5, 0.6) is 5.75 Å². The van der Waals surface area contributed by atoms with Crippen molar-refractivity contribution in [2.75, 3.05) is 18.5 Å². The average molecular weight is 259 g/mol. The van der Waals surface area contributed by atoms with Crippen LogP contribution in [0, 0.1) is 0 Å². The molecule has 1 aromatic rings. The van der Waals surface area contributed by atoms with E-state index in [1.807, 2.05) is 6.92 Å². The number of nitrogens with two attached hydrogens (primary N) is 1. The summed E-state index contributed by atoms with van der Waals surface area (Å²) in [5.74, 6) is -0.447. The number of hydrogen-bond acceptors (Lipinski definition) is 4. The number of ether oxygens (including phenoxy) is 1. The Morgan fingerprint density at radius 3 is 2.88 bits per heavy atom. The molecular weight excluding hydrogens is 244 g/mol. The molecule has 1 unspecified atom stereocenters. The molecule has 1 aromatic carbocycles. The van der Waals surface area contributed by atoms with E-state index < -0.39 is 12.0 Å². The zero-order valence-corrected chi connectivity index (χ0v) is 10.2. The first-order chi connectivity index (χ1) is 8.04. The van der Waals surface area contributed by atoms with E-state index in [0.717, 1.165) is 0 Å². The summed E-state index contributed by atoms with van der Waals surface area (Å²) in [5, 5.41) is 12.0. The summed E-state index contributed by atoms with van der Waals surface area (Å²) in [6.07, 6.45) is 0. The molecule has 17 heavy (non-hydrogen) atoms. The van der Waals surface area contributed by atoms with Crippen molar-refractivity contribution in [3.8, 4) is 5.75 Å². The molecule has 0 saturated carbocycles. The second kappa shape index (κ2) is 6.32. The molecule has 0 heterocycles. The van der Waals surface area contributed by atoms with E-state index >= 15 is 0 Å². The van der Waals surface area contributed by atoms with Crippen LogP contribution in [-0.4, -0.2) is 30.3 Å². The highest BCUT2D eigenvalue weighted by Gasteiger charge is 2.11. The van der Waals surface area contributed by atoms with Crippen LogP contribution in [0.4, 0.5) is 5.69 Å². The molecular formula is C11H15ClN2O3. The lowest BCUT2D eigenvalue weighted by Crippen LogP contribution is -2.36. The summed E-state index contributed by atoms with van der Waals surface area (Å²) in [6, 6.07) is 4.20. The average Bonchev–Trinajstić information content (AvgIpc) is 2.29. The van der Waals surface area contributed by atoms with Gasteiger partial charge in [0.25, 0.3) is 0 Å². The number of nitrogens with one attached hydrogen (secondary N) is 1. The number of halogens is 1. The SMILES string of the molecule is CCOc1ccc(NCC(N)C(=O)O)cc1Cl. The third-order valence-corrected chi connectivity index (χ3v) is 2.37. The number of aliphatic carboxylic acids is 1. The second-order valence-corrected chi connectivity index (χ2v) is 3.81. The van der Waals surface area contributed by atoms with E-state index in [2.05, 4.69) is 5.32 Å². The zero-order valence-electron chi connectivity index (χ0n) is 9.44. The van der Waals surface area contributed by atoms with Gasteiger partial charge in [-0.25, -0.2) is 0 Å². The molecule has 6 heteroatoms. The maximum atomic E-state index is 10.5. The fraction of sp³-hybridized carbons (Fsp3) is 0.364. The Morgan fingerprint density at radius 2 is 2.35 bits per heavy atom. The maximum absolute atomic E-state index is 10.5. The molecule has 0 aliphatic rings. The van der Waals surface area contributed by atoms with Crippen LogP contribution in [-0.2, 0) is 4.79 Å². The summed E-state index contributed by atoms with van der Waals surface area (Å²) in [4.78, 5) is 10.5. The molecule has 5 nitrogen and oxygen atoms in total. The first-order valence-electron chi connectivity index (χ1n) is 5.19. The van der Waals surface area contributed by atoms with Crippen LogP contribution < -0.4 is 15.8 Å². The highest BCUT2D eigenvalue weighted by atomic mass is 35.5. The molecule has 94 valence electrons. The number of rotatable bonds is 6. The molecule has 4 N–H and O–H groups in total. The zero-order chi connectivity index (χ0) is 12.8. The van der Waals surface area contributed by atoms with Gasteiger partial charge in [-0.3, -0.25) is 4.79 Å². The van der Waals surface area contributed by atoms with E-state index in [1.165, 1.54) is 0 Å². The second-order valence-electron chi connectivity index (χ2n) is 3.40. The predicted molar refractivity (Wildman–Crippen MR) is 66.7 cm³/mol. The van der Waals surface area contributed by atoms with E-state index in [4.69, 9.17) is 27.2 Å². The molecule has 0 radical (unpaired) electrons. The van der Waals surface area contributed by atoms with Gasteiger partial charge in [0.05, 0.1) is 11.6 Å². The lowest BCUT2D eigenvalue weighted by atomic mass is 10.2. The summed E-state index contributed by atoms with van der Waals surface area (Å²) in [5.41, 5.74) is 6.06. The molecule has 0 aliphatic heterocycles. The molecule has 0 fully saturated rings. The molecule has 1 rings (SSSR count).